The van der Waals surface area contributed by atoms with E-state index in [9.17, 15) is 19.2 Å². The average molecular weight is 366 g/mol. The number of imide groups is 1. The maximum Gasteiger partial charge on any atom is 0.306 e. The van der Waals surface area contributed by atoms with Crippen LogP contribution in [0.15, 0.2) is 48.5 Å². The van der Waals surface area contributed by atoms with Crippen molar-refractivity contribution >= 4 is 23.7 Å². The summed E-state index contributed by atoms with van der Waals surface area (Å²) in [6.45, 7) is 0.172. The highest BCUT2D eigenvalue weighted by Crippen LogP contribution is 2.22. The summed E-state index contributed by atoms with van der Waals surface area (Å²) in [5.41, 5.74) is 6.98. The molecule has 2 aromatic rings. The predicted molar refractivity (Wildman–Crippen MR) is 95.8 cm³/mol. The lowest BCUT2D eigenvalue weighted by Gasteiger charge is -2.13. The van der Waals surface area contributed by atoms with Crippen molar-refractivity contribution in [2.45, 2.75) is 19.4 Å². The zero-order valence-electron chi connectivity index (χ0n) is 14.5. The molecule has 0 fully saturated rings. The van der Waals surface area contributed by atoms with E-state index in [1.54, 1.807) is 48.5 Å². The smallest absolute Gasteiger partial charge is 0.306 e. The third-order valence-electron chi connectivity index (χ3n) is 4.25. The van der Waals surface area contributed by atoms with Crippen LogP contribution in [0.25, 0.3) is 0 Å². The van der Waals surface area contributed by atoms with Crippen molar-refractivity contribution in [1.29, 1.82) is 0 Å². The molecule has 0 atom stereocenters. The van der Waals surface area contributed by atoms with Crippen LogP contribution in [-0.2, 0) is 16.1 Å². The Morgan fingerprint density at radius 1 is 0.963 bits per heavy atom. The second kappa shape index (κ2) is 7.82. The molecule has 0 unspecified atom stereocenters. The van der Waals surface area contributed by atoms with Crippen LogP contribution in [0.3, 0.4) is 0 Å². The maximum absolute atomic E-state index is 12.2. The van der Waals surface area contributed by atoms with Crippen LogP contribution < -0.4 is 5.73 Å². The van der Waals surface area contributed by atoms with Crippen molar-refractivity contribution < 1.29 is 23.9 Å². The number of hydrogen-bond donors (Lipinski definition) is 1. The fourth-order valence-corrected chi connectivity index (χ4v) is 2.87. The number of ether oxygens (including phenoxy) is 1. The normalized spacial score (nSPS) is 12.8. The summed E-state index contributed by atoms with van der Waals surface area (Å²) in [6, 6.07) is 13.2. The lowest BCUT2D eigenvalue weighted by molar-refractivity contribution is -0.145. The third kappa shape index (κ3) is 4.03. The Bertz CT molecular complexity index is 887. The number of carbonyl (C=O) groups is 4. The summed E-state index contributed by atoms with van der Waals surface area (Å²) in [6.07, 6.45) is 0.383. The highest BCUT2D eigenvalue weighted by Gasteiger charge is 2.34. The van der Waals surface area contributed by atoms with Gasteiger partial charge in [-0.15, -0.1) is 0 Å². The third-order valence-corrected chi connectivity index (χ3v) is 4.25. The first kappa shape index (κ1) is 18.3. The Balaban J connectivity index is 1.47. The van der Waals surface area contributed by atoms with Crippen molar-refractivity contribution in [3.05, 3.63) is 70.8 Å². The van der Waals surface area contributed by atoms with Gasteiger partial charge < -0.3 is 10.5 Å². The molecular formula is C20H18N2O5. The van der Waals surface area contributed by atoms with Crippen LogP contribution in [0.1, 0.15) is 49.5 Å². The molecule has 138 valence electrons. The quantitative estimate of drug-likeness (QED) is 0.595. The Kier molecular flexibility index (Phi) is 5.30. The number of carbonyl (C=O) groups excluding carboxylic acids is 4. The van der Waals surface area contributed by atoms with Crippen LogP contribution in [0, 0.1) is 0 Å². The molecule has 3 amide bonds. The molecule has 2 N–H and O–H groups in total. The number of amides is 3. The van der Waals surface area contributed by atoms with E-state index in [0.29, 0.717) is 28.7 Å². The van der Waals surface area contributed by atoms with Gasteiger partial charge in [-0.25, -0.2) is 0 Å². The van der Waals surface area contributed by atoms with Gasteiger partial charge in [0.25, 0.3) is 11.8 Å². The van der Waals surface area contributed by atoms with E-state index in [2.05, 4.69) is 0 Å². The SMILES string of the molecule is NC(=O)c1cccc(COC(=O)CCCN2C(=O)c3ccccc3C2=O)c1. The Morgan fingerprint density at radius 2 is 1.63 bits per heavy atom. The van der Waals surface area contributed by atoms with Gasteiger partial charge in [-0.1, -0.05) is 24.3 Å². The molecule has 3 rings (SSSR count). The van der Waals surface area contributed by atoms with Crippen molar-refractivity contribution in [1.82, 2.24) is 4.90 Å². The van der Waals surface area contributed by atoms with E-state index in [1.807, 2.05) is 0 Å². The van der Waals surface area contributed by atoms with E-state index in [4.69, 9.17) is 10.5 Å². The maximum atomic E-state index is 12.2. The standard InChI is InChI=1S/C20H18N2O5/c21-18(24)14-6-3-5-13(11-14)12-27-17(23)9-4-10-22-19(25)15-7-1-2-8-16(15)20(22)26/h1-3,5-8,11H,4,9-10,12H2,(H2,21,24). The zero-order chi connectivity index (χ0) is 19.4. The van der Waals surface area contributed by atoms with Crippen molar-refractivity contribution in [2.24, 2.45) is 5.73 Å². The van der Waals surface area contributed by atoms with Crippen LogP contribution in [-0.4, -0.2) is 35.1 Å². The zero-order valence-corrected chi connectivity index (χ0v) is 14.5. The van der Waals surface area contributed by atoms with Gasteiger partial charge >= 0.3 is 5.97 Å². The van der Waals surface area contributed by atoms with Crippen LogP contribution in [0.5, 0.6) is 0 Å². The molecule has 2 aromatic carbocycles. The second-order valence-corrected chi connectivity index (χ2v) is 6.14. The summed E-state index contributed by atoms with van der Waals surface area (Å²) in [5, 5.41) is 0. The number of fused-ring (bicyclic) bond motifs is 1. The van der Waals surface area contributed by atoms with Crippen molar-refractivity contribution in [2.75, 3.05) is 6.54 Å². The summed E-state index contributed by atoms with van der Waals surface area (Å²) in [5.74, 6) is -1.68. The summed E-state index contributed by atoms with van der Waals surface area (Å²) >= 11 is 0. The summed E-state index contributed by atoms with van der Waals surface area (Å²) < 4.78 is 5.16. The molecule has 0 aromatic heterocycles. The first-order valence-electron chi connectivity index (χ1n) is 8.47. The summed E-state index contributed by atoms with van der Waals surface area (Å²) in [7, 11) is 0. The van der Waals surface area contributed by atoms with Crippen LogP contribution in [0.4, 0.5) is 0 Å². The lowest BCUT2D eigenvalue weighted by Crippen LogP contribution is -2.31. The van der Waals surface area contributed by atoms with Crippen LogP contribution in [0.2, 0.25) is 0 Å². The predicted octanol–water partition coefficient (Wildman–Crippen LogP) is 1.91. The first-order chi connectivity index (χ1) is 13.0. The topological polar surface area (TPSA) is 107 Å². The molecule has 7 heteroatoms. The highest BCUT2D eigenvalue weighted by atomic mass is 16.5. The second-order valence-electron chi connectivity index (χ2n) is 6.14. The van der Waals surface area contributed by atoms with E-state index < -0.39 is 11.9 Å². The van der Waals surface area contributed by atoms with Crippen molar-refractivity contribution in [3.8, 4) is 0 Å². The molecule has 0 aliphatic carbocycles. The number of rotatable bonds is 7. The van der Waals surface area contributed by atoms with Crippen molar-refractivity contribution in [3.63, 3.8) is 0 Å². The van der Waals surface area contributed by atoms with Gasteiger partial charge in [-0.05, 0) is 36.2 Å². The number of hydrogen-bond acceptors (Lipinski definition) is 5. The van der Waals surface area contributed by atoms with Gasteiger partial charge in [0.15, 0.2) is 0 Å². The molecule has 1 aliphatic heterocycles. The molecule has 0 spiro atoms. The molecular weight excluding hydrogens is 348 g/mol. The number of nitrogens with zero attached hydrogens (tertiary/aromatic N) is 1. The fourth-order valence-electron chi connectivity index (χ4n) is 2.87. The lowest BCUT2D eigenvalue weighted by atomic mass is 10.1. The monoisotopic (exact) mass is 366 g/mol. The largest absolute Gasteiger partial charge is 0.461 e. The van der Waals surface area contributed by atoms with Gasteiger partial charge in [0, 0.05) is 18.5 Å². The molecule has 0 radical (unpaired) electrons. The van der Waals surface area contributed by atoms with Gasteiger partial charge in [0.2, 0.25) is 5.91 Å². The van der Waals surface area contributed by atoms with E-state index in [1.165, 1.54) is 0 Å². The Morgan fingerprint density at radius 3 is 2.26 bits per heavy atom. The number of benzene rings is 2. The van der Waals surface area contributed by atoms with E-state index in [0.717, 1.165) is 4.90 Å². The van der Waals surface area contributed by atoms with Gasteiger partial charge in [0.05, 0.1) is 11.1 Å². The highest BCUT2D eigenvalue weighted by molar-refractivity contribution is 6.21. The molecule has 27 heavy (non-hydrogen) atoms. The van der Waals surface area contributed by atoms with E-state index >= 15 is 0 Å². The Hall–Kier alpha value is -3.48. The Labute approximate surface area is 155 Å². The minimum atomic E-state index is -0.552. The molecule has 0 saturated carbocycles. The minimum absolute atomic E-state index is 0.0208. The molecule has 7 nitrogen and oxygen atoms in total. The first-order valence-corrected chi connectivity index (χ1v) is 8.47. The molecule has 1 aliphatic rings. The van der Waals surface area contributed by atoms with Gasteiger partial charge in [0.1, 0.15) is 6.61 Å². The minimum Gasteiger partial charge on any atom is -0.461 e. The molecule has 1 heterocycles. The summed E-state index contributed by atoms with van der Waals surface area (Å²) in [4.78, 5) is 48.6. The van der Waals surface area contributed by atoms with Crippen LogP contribution >= 0.6 is 0 Å². The van der Waals surface area contributed by atoms with Gasteiger partial charge in [-0.2, -0.15) is 0 Å². The number of nitrogens with two attached hydrogens (primary N) is 1. The average Bonchev–Trinajstić information content (AvgIpc) is 2.92. The fraction of sp³-hybridized carbons (Fsp3) is 0.200. The van der Waals surface area contributed by atoms with E-state index in [-0.39, 0.29) is 31.4 Å². The molecule has 0 bridgehead atoms. The number of primary amides is 1. The number of esters is 1. The molecule has 0 saturated heterocycles. The van der Waals surface area contributed by atoms with Gasteiger partial charge in [-0.3, -0.25) is 24.1 Å².